The molecule has 2 aromatic carbocycles. The van der Waals surface area contributed by atoms with E-state index in [2.05, 4.69) is 0 Å². The van der Waals surface area contributed by atoms with E-state index in [0.29, 0.717) is 17.7 Å². The second-order valence-electron chi connectivity index (χ2n) is 6.23. The molecule has 1 aliphatic rings. The molecular formula is C18H17F3N2O4S2. The fraction of sp³-hybridized carbons (Fsp3) is 0.222. The van der Waals surface area contributed by atoms with Crippen LogP contribution < -0.4 is 0 Å². The second kappa shape index (κ2) is 8.27. The van der Waals surface area contributed by atoms with E-state index < -0.39 is 42.4 Å². The van der Waals surface area contributed by atoms with Crippen LogP contribution in [-0.2, 0) is 20.0 Å². The summed E-state index contributed by atoms with van der Waals surface area (Å²) in [6.45, 7) is -0.823. The molecule has 156 valence electrons. The van der Waals surface area contributed by atoms with Gasteiger partial charge in [0.15, 0.2) is 17.5 Å². The summed E-state index contributed by atoms with van der Waals surface area (Å²) in [5.41, 5.74) is 0.686. The topological polar surface area (TPSA) is 74.8 Å². The zero-order valence-electron chi connectivity index (χ0n) is 15.0. The molecule has 0 bridgehead atoms. The van der Waals surface area contributed by atoms with Gasteiger partial charge < -0.3 is 0 Å². The molecule has 29 heavy (non-hydrogen) atoms. The normalized spacial score (nSPS) is 17.1. The lowest BCUT2D eigenvalue weighted by atomic mass is 10.2. The van der Waals surface area contributed by atoms with Crippen molar-refractivity contribution in [3.05, 3.63) is 70.9 Å². The number of piperazine rings is 1. The largest absolute Gasteiger partial charge is 0.246 e. The van der Waals surface area contributed by atoms with Crippen LogP contribution in [0.3, 0.4) is 0 Å². The number of hydrogen-bond acceptors (Lipinski definition) is 4. The first-order valence-corrected chi connectivity index (χ1v) is 11.4. The molecule has 1 aliphatic heterocycles. The minimum atomic E-state index is -4.44. The van der Waals surface area contributed by atoms with Crippen molar-refractivity contribution in [2.24, 2.45) is 0 Å². The van der Waals surface area contributed by atoms with E-state index in [-0.39, 0.29) is 26.2 Å². The van der Waals surface area contributed by atoms with Gasteiger partial charge in [-0.25, -0.2) is 30.0 Å². The molecule has 1 heterocycles. The van der Waals surface area contributed by atoms with Gasteiger partial charge >= 0.3 is 0 Å². The maximum absolute atomic E-state index is 13.9. The van der Waals surface area contributed by atoms with E-state index in [9.17, 15) is 30.0 Å². The Kier molecular flexibility index (Phi) is 6.13. The van der Waals surface area contributed by atoms with Crippen molar-refractivity contribution in [1.29, 1.82) is 0 Å². The molecule has 1 fully saturated rings. The Balaban J connectivity index is 1.73. The van der Waals surface area contributed by atoms with Crippen LogP contribution in [0.1, 0.15) is 5.56 Å². The molecule has 0 saturated carbocycles. The molecule has 0 unspecified atom stereocenters. The first-order chi connectivity index (χ1) is 13.6. The standard InChI is InChI=1S/C18H17F3N2O4S2/c19-15-6-7-16(18(21)17(15)20)29(26,27)23-11-9-22(10-12-23)28(24,25)13-8-14-4-2-1-3-5-14/h1-8,13H,9-12H2/b13-8-. The average Bonchev–Trinajstić information content (AvgIpc) is 2.71. The van der Waals surface area contributed by atoms with Gasteiger partial charge in [-0.2, -0.15) is 8.61 Å². The summed E-state index contributed by atoms with van der Waals surface area (Å²) < 4.78 is 92.3. The summed E-state index contributed by atoms with van der Waals surface area (Å²) >= 11 is 0. The van der Waals surface area contributed by atoms with Crippen molar-refractivity contribution in [3.63, 3.8) is 0 Å². The first kappa shape index (κ1) is 21.5. The van der Waals surface area contributed by atoms with Gasteiger partial charge in [0.1, 0.15) is 4.90 Å². The maximum atomic E-state index is 13.9. The fourth-order valence-electron chi connectivity index (χ4n) is 2.83. The molecule has 0 spiro atoms. The fourth-order valence-corrected chi connectivity index (χ4v) is 5.48. The van der Waals surface area contributed by atoms with Gasteiger partial charge in [0.25, 0.3) is 0 Å². The van der Waals surface area contributed by atoms with Crippen LogP contribution in [0.15, 0.2) is 52.8 Å². The molecule has 0 N–H and O–H groups in total. The number of rotatable bonds is 5. The zero-order chi connectivity index (χ0) is 21.2. The summed E-state index contributed by atoms with van der Waals surface area (Å²) in [4.78, 5) is -0.989. The third-order valence-electron chi connectivity index (χ3n) is 4.41. The average molecular weight is 446 g/mol. The Morgan fingerprint density at radius 1 is 0.759 bits per heavy atom. The van der Waals surface area contributed by atoms with Crippen LogP contribution in [0.2, 0.25) is 0 Å². The van der Waals surface area contributed by atoms with E-state index in [4.69, 9.17) is 0 Å². The molecule has 11 heteroatoms. The summed E-state index contributed by atoms with van der Waals surface area (Å²) in [5, 5.41) is 1.03. The van der Waals surface area contributed by atoms with E-state index in [1.165, 1.54) is 6.08 Å². The number of sulfonamides is 2. The second-order valence-corrected chi connectivity index (χ2v) is 9.96. The predicted octanol–water partition coefficient (Wildman–Crippen LogP) is 2.41. The minimum Gasteiger partial charge on any atom is -0.208 e. The molecular weight excluding hydrogens is 429 g/mol. The first-order valence-electron chi connectivity index (χ1n) is 8.50. The molecule has 0 aromatic heterocycles. The maximum Gasteiger partial charge on any atom is 0.246 e. The van der Waals surface area contributed by atoms with Crippen LogP contribution in [0.5, 0.6) is 0 Å². The number of halogens is 3. The molecule has 3 rings (SSSR count). The molecule has 0 radical (unpaired) electrons. The van der Waals surface area contributed by atoms with Crippen LogP contribution >= 0.6 is 0 Å². The number of benzene rings is 2. The Morgan fingerprint density at radius 2 is 1.34 bits per heavy atom. The van der Waals surface area contributed by atoms with Crippen molar-refractivity contribution in [2.45, 2.75) is 4.90 Å². The van der Waals surface area contributed by atoms with Crippen molar-refractivity contribution < 1.29 is 30.0 Å². The van der Waals surface area contributed by atoms with Gasteiger partial charge in [0.05, 0.1) is 0 Å². The van der Waals surface area contributed by atoms with Crippen LogP contribution in [-0.4, -0.2) is 51.6 Å². The molecule has 1 saturated heterocycles. The third kappa shape index (κ3) is 4.53. The quantitative estimate of drug-likeness (QED) is 0.662. The Hall–Kier alpha value is -2.21. The number of nitrogens with zero attached hydrogens (tertiary/aromatic N) is 2. The summed E-state index contributed by atoms with van der Waals surface area (Å²) in [6, 6.07) is 9.94. The van der Waals surface area contributed by atoms with Crippen molar-refractivity contribution in [3.8, 4) is 0 Å². The van der Waals surface area contributed by atoms with E-state index >= 15 is 0 Å². The lowest BCUT2D eigenvalue weighted by Crippen LogP contribution is -2.50. The van der Waals surface area contributed by atoms with Gasteiger partial charge in [-0.3, -0.25) is 0 Å². The van der Waals surface area contributed by atoms with Gasteiger partial charge in [-0.15, -0.1) is 0 Å². The van der Waals surface area contributed by atoms with Gasteiger partial charge in [0, 0.05) is 31.6 Å². The highest BCUT2D eigenvalue weighted by Crippen LogP contribution is 2.24. The molecule has 6 nitrogen and oxygen atoms in total. The Labute approximate surface area is 167 Å². The van der Waals surface area contributed by atoms with E-state index in [0.717, 1.165) is 14.0 Å². The highest BCUT2D eigenvalue weighted by atomic mass is 32.2. The summed E-state index contributed by atoms with van der Waals surface area (Å²) in [6.07, 6.45) is 1.43. The Morgan fingerprint density at radius 3 is 1.97 bits per heavy atom. The van der Waals surface area contributed by atoms with E-state index in [1.54, 1.807) is 30.3 Å². The lowest BCUT2D eigenvalue weighted by molar-refractivity contribution is 0.274. The van der Waals surface area contributed by atoms with Crippen molar-refractivity contribution >= 4 is 26.1 Å². The molecule has 0 amide bonds. The molecule has 0 aliphatic carbocycles. The predicted molar refractivity (Wildman–Crippen MR) is 101 cm³/mol. The Bertz CT molecular complexity index is 1130. The highest BCUT2D eigenvalue weighted by Gasteiger charge is 2.34. The number of hydrogen-bond donors (Lipinski definition) is 0. The monoisotopic (exact) mass is 446 g/mol. The van der Waals surface area contributed by atoms with Crippen LogP contribution in [0.4, 0.5) is 13.2 Å². The minimum absolute atomic E-state index is 0.161. The summed E-state index contributed by atoms with van der Waals surface area (Å²) in [7, 11) is -8.23. The SMILES string of the molecule is O=S(=O)(/C=C\c1ccccc1)N1CCN(S(=O)(=O)c2ccc(F)c(F)c2F)CC1. The van der Waals surface area contributed by atoms with Crippen LogP contribution in [0.25, 0.3) is 6.08 Å². The van der Waals surface area contributed by atoms with Crippen LogP contribution in [0, 0.1) is 17.5 Å². The lowest BCUT2D eigenvalue weighted by Gasteiger charge is -2.32. The van der Waals surface area contributed by atoms with E-state index in [1.807, 2.05) is 0 Å². The molecule has 0 atom stereocenters. The smallest absolute Gasteiger partial charge is 0.208 e. The van der Waals surface area contributed by atoms with Crippen molar-refractivity contribution in [2.75, 3.05) is 26.2 Å². The van der Waals surface area contributed by atoms with Gasteiger partial charge in [0.2, 0.25) is 20.0 Å². The van der Waals surface area contributed by atoms with Gasteiger partial charge in [-0.1, -0.05) is 30.3 Å². The zero-order valence-corrected chi connectivity index (χ0v) is 16.6. The summed E-state index contributed by atoms with van der Waals surface area (Å²) in [5.74, 6) is -5.17. The third-order valence-corrected chi connectivity index (χ3v) is 7.89. The highest BCUT2D eigenvalue weighted by molar-refractivity contribution is 7.92. The van der Waals surface area contributed by atoms with Gasteiger partial charge in [-0.05, 0) is 23.8 Å². The van der Waals surface area contributed by atoms with Crippen molar-refractivity contribution in [1.82, 2.24) is 8.61 Å². The molecule has 2 aromatic rings.